The van der Waals surface area contributed by atoms with E-state index in [4.69, 9.17) is 9.15 Å². The molecule has 0 aliphatic heterocycles. The van der Waals surface area contributed by atoms with E-state index in [1.165, 1.54) is 29.7 Å². The van der Waals surface area contributed by atoms with Crippen molar-refractivity contribution in [1.29, 1.82) is 5.26 Å². The van der Waals surface area contributed by atoms with Gasteiger partial charge >= 0.3 is 0 Å². The molecule has 0 fully saturated rings. The lowest BCUT2D eigenvalue weighted by molar-refractivity contribution is -0.121. The summed E-state index contributed by atoms with van der Waals surface area (Å²) in [6, 6.07) is 16.9. The molecular weight excluding hydrogens is 416 g/mol. The molecule has 0 saturated heterocycles. The predicted molar refractivity (Wildman–Crippen MR) is 116 cm³/mol. The summed E-state index contributed by atoms with van der Waals surface area (Å²) in [5.41, 5.74) is 2.82. The molecule has 2 aromatic heterocycles. The average Bonchev–Trinajstić information content (AvgIpc) is 3.19. The fraction of sp³-hybridized carbons (Fsp3) is 0.182. The van der Waals surface area contributed by atoms with Gasteiger partial charge in [0.1, 0.15) is 23.9 Å². The second kappa shape index (κ2) is 10.4. The third-order valence-electron chi connectivity index (χ3n) is 4.25. The summed E-state index contributed by atoms with van der Waals surface area (Å²) in [6.07, 6.45) is 1.38. The van der Waals surface area contributed by atoms with E-state index in [0.717, 1.165) is 4.90 Å². The Labute approximate surface area is 183 Å². The summed E-state index contributed by atoms with van der Waals surface area (Å²) in [5.74, 6) is -0.0296. The van der Waals surface area contributed by atoms with E-state index >= 15 is 0 Å². The van der Waals surface area contributed by atoms with Gasteiger partial charge in [-0.3, -0.25) is 9.59 Å². The highest BCUT2D eigenvalue weighted by Crippen LogP contribution is 2.28. The Bertz CT molecular complexity index is 1190. The van der Waals surface area contributed by atoms with Crippen LogP contribution in [0.15, 0.2) is 72.8 Å². The van der Waals surface area contributed by atoms with Gasteiger partial charge in [0, 0.05) is 23.3 Å². The Kier molecular flexibility index (Phi) is 7.43. The first-order valence-corrected chi connectivity index (χ1v) is 10.1. The molecule has 9 heteroatoms. The maximum atomic E-state index is 12.5. The summed E-state index contributed by atoms with van der Waals surface area (Å²) >= 11 is 1.47. The molecule has 0 aliphatic carbocycles. The molecule has 158 valence electrons. The first kappa shape index (κ1) is 22.1. The number of hydrogen-bond acceptors (Lipinski definition) is 7. The first-order valence-electron chi connectivity index (χ1n) is 9.29. The fourth-order valence-corrected chi connectivity index (χ4v) is 3.63. The zero-order valence-corrected chi connectivity index (χ0v) is 17.8. The fourth-order valence-electron chi connectivity index (χ4n) is 2.83. The highest BCUT2D eigenvalue weighted by molar-refractivity contribution is 7.99. The lowest BCUT2D eigenvalue weighted by Crippen LogP contribution is -2.33. The van der Waals surface area contributed by atoms with Gasteiger partial charge < -0.3 is 13.7 Å². The molecule has 0 radical (unpaired) electrons. The van der Waals surface area contributed by atoms with Crippen molar-refractivity contribution in [3.05, 3.63) is 81.5 Å². The SMILES string of the molecule is COCc1cc(C)n(CC(=O)N/N=C/c2ccc(Sc3ccccc3)o2)c(=O)c1C#N. The van der Waals surface area contributed by atoms with E-state index in [0.29, 0.717) is 22.1 Å². The van der Waals surface area contributed by atoms with E-state index in [1.54, 1.807) is 19.1 Å². The van der Waals surface area contributed by atoms with Crippen LogP contribution in [0.3, 0.4) is 0 Å². The number of aromatic nitrogens is 1. The molecule has 8 nitrogen and oxygen atoms in total. The third-order valence-corrected chi connectivity index (χ3v) is 5.18. The van der Waals surface area contributed by atoms with E-state index in [2.05, 4.69) is 10.5 Å². The minimum atomic E-state index is -0.540. The Hall–Kier alpha value is -3.61. The van der Waals surface area contributed by atoms with Crippen LogP contribution in [0.2, 0.25) is 0 Å². The van der Waals surface area contributed by atoms with Crippen LogP contribution in [0.1, 0.15) is 22.6 Å². The minimum absolute atomic E-state index is 0.0391. The second-order valence-corrected chi connectivity index (χ2v) is 7.57. The van der Waals surface area contributed by atoms with E-state index in [9.17, 15) is 14.9 Å². The minimum Gasteiger partial charge on any atom is -0.448 e. The number of hydrogen-bond donors (Lipinski definition) is 1. The number of ether oxygens (including phenoxy) is 1. The van der Waals surface area contributed by atoms with Crippen molar-refractivity contribution in [3.63, 3.8) is 0 Å². The Morgan fingerprint density at radius 2 is 2.10 bits per heavy atom. The van der Waals surface area contributed by atoms with Crippen LogP contribution in [0.4, 0.5) is 0 Å². The van der Waals surface area contributed by atoms with Crippen LogP contribution in [0.5, 0.6) is 0 Å². The third kappa shape index (κ3) is 5.72. The quantitative estimate of drug-likeness (QED) is 0.429. The number of furan rings is 1. The highest BCUT2D eigenvalue weighted by atomic mass is 32.2. The van der Waals surface area contributed by atoms with Gasteiger partial charge in [-0.1, -0.05) is 30.0 Å². The number of benzene rings is 1. The van der Waals surface area contributed by atoms with Crippen molar-refractivity contribution in [2.75, 3.05) is 7.11 Å². The van der Waals surface area contributed by atoms with E-state index in [1.807, 2.05) is 42.5 Å². The number of rotatable bonds is 8. The largest absolute Gasteiger partial charge is 0.448 e. The molecule has 1 N–H and O–H groups in total. The number of amides is 1. The summed E-state index contributed by atoms with van der Waals surface area (Å²) < 4.78 is 11.9. The van der Waals surface area contributed by atoms with Crippen molar-refractivity contribution in [1.82, 2.24) is 9.99 Å². The number of carbonyl (C=O) groups excluding carboxylic acids is 1. The second-order valence-electron chi connectivity index (χ2n) is 6.49. The van der Waals surface area contributed by atoms with Crippen molar-refractivity contribution in [2.24, 2.45) is 5.10 Å². The topological polar surface area (TPSA) is 110 Å². The van der Waals surface area contributed by atoms with Gasteiger partial charge in [-0.05, 0) is 37.3 Å². The number of nitrogens with zero attached hydrogens (tertiary/aromatic N) is 3. The number of hydrazone groups is 1. The van der Waals surface area contributed by atoms with Crippen molar-refractivity contribution in [3.8, 4) is 6.07 Å². The molecule has 0 saturated carbocycles. The van der Waals surface area contributed by atoms with Crippen LogP contribution in [0, 0.1) is 18.3 Å². The number of nitrogens with one attached hydrogen (secondary N) is 1. The maximum absolute atomic E-state index is 12.5. The number of nitriles is 1. The van der Waals surface area contributed by atoms with Crippen molar-refractivity contribution in [2.45, 2.75) is 30.1 Å². The molecule has 3 rings (SSSR count). The number of methoxy groups -OCH3 is 1. The molecule has 1 amide bonds. The number of aryl methyl sites for hydroxylation is 1. The van der Waals surface area contributed by atoms with Gasteiger partial charge in [0.05, 0.1) is 12.8 Å². The Morgan fingerprint density at radius 3 is 2.81 bits per heavy atom. The molecule has 0 spiro atoms. The zero-order chi connectivity index (χ0) is 22.2. The number of carbonyl (C=O) groups is 1. The summed E-state index contributed by atoms with van der Waals surface area (Å²) in [7, 11) is 1.48. The smallest absolute Gasteiger partial charge is 0.269 e. The average molecular weight is 436 g/mol. The van der Waals surface area contributed by atoms with E-state index < -0.39 is 11.5 Å². The summed E-state index contributed by atoms with van der Waals surface area (Å²) in [4.78, 5) is 25.8. The first-order chi connectivity index (χ1) is 15.0. The maximum Gasteiger partial charge on any atom is 0.269 e. The van der Waals surface area contributed by atoms with Gasteiger partial charge in [0.25, 0.3) is 11.5 Å². The van der Waals surface area contributed by atoms with Crippen molar-refractivity contribution < 1.29 is 13.9 Å². The highest BCUT2D eigenvalue weighted by Gasteiger charge is 2.14. The van der Waals surface area contributed by atoms with Crippen LogP contribution in [-0.2, 0) is 22.7 Å². The molecule has 0 atom stereocenters. The van der Waals surface area contributed by atoms with Crippen LogP contribution >= 0.6 is 11.8 Å². The molecule has 31 heavy (non-hydrogen) atoms. The lowest BCUT2D eigenvalue weighted by Gasteiger charge is -2.12. The Balaban J connectivity index is 1.63. The lowest BCUT2D eigenvalue weighted by atomic mass is 10.1. The molecule has 1 aromatic carbocycles. The number of pyridine rings is 1. The van der Waals surface area contributed by atoms with Gasteiger partial charge in [0.15, 0.2) is 5.09 Å². The zero-order valence-electron chi connectivity index (χ0n) is 17.0. The van der Waals surface area contributed by atoms with Crippen LogP contribution in [0.25, 0.3) is 0 Å². The summed E-state index contributed by atoms with van der Waals surface area (Å²) in [5, 5.41) is 13.9. The van der Waals surface area contributed by atoms with Crippen molar-refractivity contribution >= 4 is 23.9 Å². The molecule has 0 aliphatic rings. The van der Waals surface area contributed by atoms with Gasteiger partial charge in [-0.2, -0.15) is 10.4 Å². The van der Waals surface area contributed by atoms with E-state index in [-0.39, 0.29) is 18.7 Å². The summed E-state index contributed by atoms with van der Waals surface area (Å²) in [6.45, 7) is 1.56. The van der Waals surface area contributed by atoms with Crippen LogP contribution < -0.4 is 11.0 Å². The molecule has 3 aromatic rings. The van der Waals surface area contributed by atoms with Gasteiger partial charge in [-0.15, -0.1) is 0 Å². The normalized spacial score (nSPS) is 10.9. The monoisotopic (exact) mass is 436 g/mol. The molecule has 0 unspecified atom stereocenters. The standard InChI is InChI=1S/C22H20N4O4S/c1-15-10-16(14-29-2)19(11-23)22(28)26(15)13-20(27)25-24-12-17-8-9-21(30-17)31-18-6-4-3-5-7-18/h3-10,12H,13-14H2,1-2H3,(H,25,27)/b24-12+. The molecular formula is C22H20N4O4S. The van der Waals surface area contributed by atoms with Gasteiger partial charge in [0.2, 0.25) is 0 Å². The van der Waals surface area contributed by atoms with Crippen LogP contribution in [-0.4, -0.2) is 23.8 Å². The van der Waals surface area contributed by atoms with Gasteiger partial charge in [-0.25, -0.2) is 5.43 Å². The molecule has 2 heterocycles. The predicted octanol–water partition coefficient (Wildman–Crippen LogP) is 3.07. The molecule has 0 bridgehead atoms. The Morgan fingerprint density at radius 1 is 1.32 bits per heavy atom.